The number of benzene rings is 1. The number of carbonyl (C=O) groups is 1. The molecule has 7 heteroatoms. The van der Waals surface area contributed by atoms with Gasteiger partial charge in [-0.05, 0) is 30.0 Å². The van der Waals surface area contributed by atoms with Crippen molar-refractivity contribution in [3.8, 4) is 0 Å². The molecule has 0 bridgehead atoms. The van der Waals surface area contributed by atoms with Gasteiger partial charge in [-0.3, -0.25) is 4.79 Å². The first-order chi connectivity index (χ1) is 10.7. The van der Waals surface area contributed by atoms with Crippen LogP contribution in [-0.4, -0.2) is 29.3 Å². The van der Waals surface area contributed by atoms with Crippen LogP contribution in [0.1, 0.15) is 23.4 Å². The van der Waals surface area contributed by atoms with Crippen molar-refractivity contribution in [1.29, 1.82) is 0 Å². The highest BCUT2D eigenvalue weighted by Gasteiger charge is 2.19. The van der Waals surface area contributed by atoms with Crippen molar-refractivity contribution in [3.63, 3.8) is 0 Å². The molecule has 2 heterocycles. The van der Waals surface area contributed by atoms with Gasteiger partial charge in [-0.25, -0.2) is 0 Å². The van der Waals surface area contributed by atoms with Crippen LogP contribution in [-0.2, 0) is 16.0 Å². The molecular formula is C15H16ClN3O2S. The van der Waals surface area contributed by atoms with Crippen LogP contribution in [0.4, 0.5) is 5.13 Å². The average molecular weight is 338 g/mol. The van der Waals surface area contributed by atoms with E-state index in [9.17, 15) is 4.79 Å². The molecule has 0 unspecified atom stereocenters. The van der Waals surface area contributed by atoms with Gasteiger partial charge >= 0.3 is 0 Å². The van der Waals surface area contributed by atoms with E-state index in [1.54, 1.807) is 0 Å². The van der Waals surface area contributed by atoms with Gasteiger partial charge in [0.25, 0.3) is 0 Å². The molecule has 116 valence electrons. The van der Waals surface area contributed by atoms with Gasteiger partial charge in [0.2, 0.25) is 11.0 Å². The smallest absolute Gasteiger partial charge is 0.226 e. The number of hydrogen-bond acceptors (Lipinski definition) is 5. The minimum Gasteiger partial charge on any atom is -0.381 e. The van der Waals surface area contributed by atoms with Gasteiger partial charge in [0.05, 0.1) is 0 Å². The summed E-state index contributed by atoms with van der Waals surface area (Å²) in [6.45, 7) is 1.42. The summed E-state index contributed by atoms with van der Waals surface area (Å²) in [5.74, 6) is 0.291. The van der Waals surface area contributed by atoms with Crippen LogP contribution in [0, 0.1) is 5.92 Å². The Balaban J connectivity index is 1.55. The first-order valence-corrected chi connectivity index (χ1v) is 8.33. The third-order valence-corrected chi connectivity index (χ3v) is 4.53. The number of ether oxygens (including phenoxy) is 1. The summed E-state index contributed by atoms with van der Waals surface area (Å²) in [4.78, 5) is 11.9. The highest BCUT2D eigenvalue weighted by atomic mass is 35.5. The molecule has 0 aliphatic carbocycles. The maximum Gasteiger partial charge on any atom is 0.226 e. The van der Waals surface area contributed by atoms with E-state index in [1.807, 2.05) is 24.3 Å². The number of nitrogens with zero attached hydrogens (tertiary/aromatic N) is 2. The van der Waals surface area contributed by atoms with E-state index in [0.29, 0.717) is 35.5 Å². The highest BCUT2D eigenvalue weighted by molar-refractivity contribution is 7.15. The lowest BCUT2D eigenvalue weighted by molar-refractivity contribution is -0.117. The predicted molar refractivity (Wildman–Crippen MR) is 86.3 cm³/mol. The number of carbonyl (C=O) groups excluding carboxylic acids is 1. The summed E-state index contributed by atoms with van der Waals surface area (Å²) in [5.41, 5.74) is 1.07. The van der Waals surface area contributed by atoms with E-state index in [0.717, 1.165) is 23.6 Å². The van der Waals surface area contributed by atoms with Crippen molar-refractivity contribution >= 4 is 34.0 Å². The molecule has 1 fully saturated rings. The molecule has 1 saturated heterocycles. The van der Waals surface area contributed by atoms with Crippen LogP contribution in [0.25, 0.3) is 0 Å². The molecule has 1 amide bonds. The normalized spacial score (nSPS) is 17.6. The summed E-state index contributed by atoms with van der Waals surface area (Å²) in [7, 11) is 0. The number of aromatic nitrogens is 2. The fraction of sp³-hybridized carbons (Fsp3) is 0.400. The maximum absolute atomic E-state index is 11.9. The zero-order chi connectivity index (χ0) is 15.4. The number of anilines is 1. The zero-order valence-electron chi connectivity index (χ0n) is 11.9. The molecule has 1 aromatic heterocycles. The van der Waals surface area contributed by atoms with E-state index in [-0.39, 0.29) is 5.91 Å². The highest BCUT2D eigenvalue weighted by Crippen LogP contribution is 2.22. The van der Waals surface area contributed by atoms with Gasteiger partial charge in [0, 0.05) is 31.1 Å². The molecule has 0 spiro atoms. The van der Waals surface area contributed by atoms with E-state index in [2.05, 4.69) is 15.5 Å². The third-order valence-electron chi connectivity index (χ3n) is 3.46. The average Bonchev–Trinajstić information content (AvgIpc) is 3.11. The van der Waals surface area contributed by atoms with Crippen LogP contribution >= 0.6 is 22.9 Å². The summed E-state index contributed by atoms with van der Waals surface area (Å²) in [6, 6.07) is 7.64. The molecule has 1 atom stereocenters. The van der Waals surface area contributed by atoms with Crippen molar-refractivity contribution in [1.82, 2.24) is 10.2 Å². The van der Waals surface area contributed by atoms with Gasteiger partial charge in [0.15, 0.2) is 0 Å². The van der Waals surface area contributed by atoms with Crippen molar-refractivity contribution in [2.24, 2.45) is 5.92 Å². The standard InChI is InChI=1S/C15H16ClN3O2S/c16-12-3-1-2-10(6-12)8-14-18-19-15(22-14)17-13(20)7-11-4-5-21-9-11/h1-3,6,11H,4-5,7-9H2,(H,17,19,20)/t11-/m0/s1. The molecule has 1 aromatic carbocycles. The second-order valence-corrected chi connectivity index (χ2v) is 6.79. The molecule has 2 aromatic rings. The third kappa shape index (κ3) is 4.25. The Morgan fingerprint density at radius 1 is 1.45 bits per heavy atom. The Labute approximate surface area is 137 Å². The lowest BCUT2D eigenvalue weighted by Gasteiger charge is -2.05. The summed E-state index contributed by atoms with van der Waals surface area (Å²) in [5, 5.41) is 13.0. The Morgan fingerprint density at radius 3 is 3.14 bits per heavy atom. The zero-order valence-corrected chi connectivity index (χ0v) is 13.5. The first kappa shape index (κ1) is 15.4. The van der Waals surface area contributed by atoms with E-state index >= 15 is 0 Å². The minimum atomic E-state index is -0.0269. The second-order valence-electron chi connectivity index (χ2n) is 5.29. The molecule has 5 nitrogen and oxygen atoms in total. The monoisotopic (exact) mass is 337 g/mol. The SMILES string of the molecule is O=C(C[C@@H]1CCOC1)Nc1nnc(Cc2cccc(Cl)c2)s1. The summed E-state index contributed by atoms with van der Waals surface area (Å²) in [6.07, 6.45) is 2.08. The Kier molecular flexibility index (Phi) is 5.02. The minimum absolute atomic E-state index is 0.0269. The fourth-order valence-electron chi connectivity index (χ4n) is 2.37. The van der Waals surface area contributed by atoms with Crippen molar-refractivity contribution < 1.29 is 9.53 Å². The number of rotatable bonds is 5. The number of amides is 1. The van der Waals surface area contributed by atoms with Crippen LogP contribution in [0.3, 0.4) is 0 Å². The van der Waals surface area contributed by atoms with Crippen LogP contribution < -0.4 is 5.32 Å². The molecule has 1 aliphatic heterocycles. The lowest BCUT2D eigenvalue weighted by Crippen LogP contribution is -2.16. The van der Waals surface area contributed by atoms with E-state index in [4.69, 9.17) is 16.3 Å². The van der Waals surface area contributed by atoms with Gasteiger partial charge in [-0.1, -0.05) is 35.1 Å². The molecule has 1 aliphatic rings. The predicted octanol–water partition coefficient (Wildman–Crippen LogP) is 3.15. The summed E-state index contributed by atoms with van der Waals surface area (Å²) < 4.78 is 5.27. The van der Waals surface area contributed by atoms with Crippen molar-refractivity contribution in [2.75, 3.05) is 18.5 Å². The van der Waals surface area contributed by atoms with Gasteiger partial charge in [-0.15, -0.1) is 10.2 Å². The molecule has 1 N–H and O–H groups in total. The van der Waals surface area contributed by atoms with Crippen LogP contribution in [0.5, 0.6) is 0 Å². The molecular weight excluding hydrogens is 322 g/mol. The Hall–Kier alpha value is -1.50. The number of nitrogens with one attached hydrogen (secondary N) is 1. The molecule has 0 radical (unpaired) electrons. The Morgan fingerprint density at radius 2 is 2.36 bits per heavy atom. The van der Waals surface area contributed by atoms with E-state index < -0.39 is 0 Å². The van der Waals surface area contributed by atoms with Gasteiger partial charge in [0.1, 0.15) is 5.01 Å². The summed E-state index contributed by atoms with van der Waals surface area (Å²) >= 11 is 7.36. The number of halogens is 1. The molecule has 22 heavy (non-hydrogen) atoms. The largest absolute Gasteiger partial charge is 0.381 e. The second kappa shape index (κ2) is 7.17. The Bertz CT molecular complexity index is 656. The van der Waals surface area contributed by atoms with Crippen molar-refractivity contribution in [3.05, 3.63) is 39.9 Å². The maximum atomic E-state index is 11.9. The van der Waals surface area contributed by atoms with E-state index in [1.165, 1.54) is 11.3 Å². The topological polar surface area (TPSA) is 64.1 Å². The lowest BCUT2D eigenvalue weighted by atomic mass is 10.1. The van der Waals surface area contributed by atoms with Crippen molar-refractivity contribution in [2.45, 2.75) is 19.3 Å². The fourth-order valence-corrected chi connectivity index (χ4v) is 3.38. The van der Waals surface area contributed by atoms with Gasteiger partial charge in [-0.2, -0.15) is 0 Å². The van der Waals surface area contributed by atoms with Crippen LogP contribution in [0.2, 0.25) is 5.02 Å². The first-order valence-electron chi connectivity index (χ1n) is 7.13. The number of hydrogen-bond donors (Lipinski definition) is 1. The molecule has 3 rings (SSSR count). The quantitative estimate of drug-likeness (QED) is 0.910. The molecule has 0 saturated carbocycles. The van der Waals surface area contributed by atoms with Crippen LogP contribution in [0.15, 0.2) is 24.3 Å². The van der Waals surface area contributed by atoms with Gasteiger partial charge < -0.3 is 10.1 Å².